The topological polar surface area (TPSA) is 52.9 Å². The van der Waals surface area contributed by atoms with Gasteiger partial charge in [-0.1, -0.05) is 6.92 Å². The first-order valence-corrected chi connectivity index (χ1v) is 4.37. The Labute approximate surface area is 92.4 Å². The molecule has 98 valence electrons. The summed E-state index contributed by atoms with van der Waals surface area (Å²) < 4.78 is 72.4. The fraction of sp³-hybridized carbons (Fsp3) is 0.750. The van der Waals surface area contributed by atoms with Gasteiger partial charge in [-0.15, -0.1) is 0 Å². The van der Waals surface area contributed by atoms with Crippen LogP contribution in [0.1, 0.15) is 13.3 Å². The average Bonchev–Trinajstić information content (AvgIpc) is 2.09. The zero-order valence-corrected chi connectivity index (χ0v) is 8.49. The van der Waals surface area contributed by atoms with E-state index in [1.54, 1.807) is 0 Å². The van der Waals surface area contributed by atoms with Crippen LogP contribution in [0, 0.1) is 17.2 Å². The molecule has 1 amide bonds. The number of hydrogen-bond donors (Lipinski definition) is 1. The smallest absolute Gasteiger partial charge is 0.340 e. The summed E-state index contributed by atoms with van der Waals surface area (Å²) in [6.07, 6.45) is -11.6. The van der Waals surface area contributed by atoms with E-state index in [2.05, 4.69) is 0 Å². The zero-order valence-electron chi connectivity index (χ0n) is 8.49. The molecule has 0 aromatic carbocycles. The van der Waals surface area contributed by atoms with Crippen LogP contribution in [0.15, 0.2) is 0 Å². The van der Waals surface area contributed by atoms with Crippen molar-refractivity contribution in [3.63, 3.8) is 0 Å². The van der Waals surface area contributed by atoms with Gasteiger partial charge in [0.1, 0.15) is 6.04 Å². The number of nitrogens with zero attached hydrogens (tertiary/aromatic N) is 1. The van der Waals surface area contributed by atoms with Crippen molar-refractivity contribution in [2.75, 3.05) is 0 Å². The first-order chi connectivity index (χ1) is 7.54. The summed E-state index contributed by atoms with van der Waals surface area (Å²) in [4.78, 5) is 10.9. The number of halogens is 6. The Morgan fingerprint density at radius 1 is 1.24 bits per heavy atom. The summed E-state index contributed by atoms with van der Waals surface area (Å²) in [6.45, 7) is 1.34. The van der Waals surface area contributed by atoms with Gasteiger partial charge in [0, 0.05) is 0 Å². The van der Waals surface area contributed by atoms with E-state index in [0.717, 1.165) is 0 Å². The summed E-state index contributed by atoms with van der Waals surface area (Å²) >= 11 is 0. The highest BCUT2D eigenvalue weighted by Crippen LogP contribution is 2.39. The number of amides is 1. The lowest BCUT2D eigenvalue weighted by atomic mass is 10.1. The van der Waals surface area contributed by atoms with Gasteiger partial charge in [0.2, 0.25) is 11.8 Å². The molecule has 0 aromatic heterocycles. The molecule has 1 unspecified atom stereocenters. The van der Waals surface area contributed by atoms with Gasteiger partial charge in [-0.05, 0) is 6.42 Å². The number of alkyl halides is 6. The molecule has 3 nitrogen and oxygen atoms in total. The van der Waals surface area contributed by atoms with E-state index in [-0.39, 0.29) is 6.42 Å². The minimum atomic E-state index is -5.74. The van der Waals surface area contributed by atoms with Gasteiger partial charge >= 0.3 is 12.4 Å². The van der Waals surface area contributed by atoms with Crippen LogP contribution in [0.2, 0.25) is 0 Å². The van der Waals surface area contributed by atoms with E-state index in [1.807, 2.05) is 0 Å². The van der Waals surface area contributed by atoms with Gasteiger partial charge in [0.25, 0.3) is 0 Å². The maximum atomic E-state index is 12.1. The van der Waals surface area contributed by atoms with Gasteiger partial charge in [-0.2, -0.15) is 31.6 Å². The maximum absolute atomic E-state index is 12.1. The number of nitrogens with one attached hydrogen (secondary N) is 1. The van der Waals surface area contributed by atoms with E-state index >= 15 is 0 Å². The Morgan fingerprint density at radius 3 is 1.88 bits per heavy atom. The molecular formula is C8H8F6N2O. The number of nitriles is 1. The van der Waals surface area contributed by atoms with Crippen LogP contribution >= 0.6 is 0 Å². The van der Waals surface area contributed by atoms with Crippen molar-refractivity contribution in [2.45, 2.75) is 31.7 Å². The van der Waals surface area contributed by atoms with Crippen molar-refractivity contribution in [2.24, 2.45) is 5.92 Å². The van der Waals surface area contributed by atoms with Crippen LogP contribution in [0.5, 0.6) is 0 Å². The van der Waals surface area contributed by atoms with Crippen molar-refractivity contribution < 1.29 is 31.1 Å². The van der Waals surface area contributed by atoms with Crippen molar-refractivity contribution in [3.05, 3.63) is 0 Å². The molecule has 1 atom stereocenters. The molecule has 9 heteroatoms. The lowest BCUT2D eigenvalue weighted by Gasteiger charge is -2.23. The Hall–Kier alpha value is -1.46. The Bertz CT molecular complexity index is 301. The third-order valence-corrected chi connectivity index (χ3v) is 1.80. The lowest BCUT2D eigenvalue weighted by Crippen LogP contribution is -2.50. The van der Waals surface area contributed by atoms with Crippen molar-refractivity contribution >= 4 is 5.91 Å². The van der Waals surface area contributed by atoms with Gasteiger partial charge in [0.15, 0.2) is 0 Å². The number of carbonyl (C=O) groups is 1. The predicted molar refractivity (Wildman–Crippen MR) is 43.4 cm³/mol. The number of rotatable bonds is 3. The van der Waals surface area contributed by atoms with Crippen LogP contribution in [0.4, 0.5) is 26.3 Å². The molecule has 0 aromatic rings. The van der Waals surface area contributed by atoms with Gasteiger partial charge < -0.3 is 5.32 Å². The molecule has 0 aliphatic rings. The number of carbonyl (C=O) groups excluding carboxylic acids is 1. The van der Waals surface area contributed by atoms with Gasteiger partial charge in [0.05, 0.1) is 6.07 Å². The summed E-state index contributed by atoms with van der Waals surface area (Å²) in [5.74, 6) is -6.38. The van der Waals surface area contributed by atoms with E-state index in [1.165, 1.54) is 18.3 Å². The quantitative estimate of drug-likeness (QED) is 0.792. The molecule has 0 aliphatic carbocycles. The van der Waals surface area contributed by atoms with Crippen LogP contribution in [0.25, 0.3) is 0 Å². The fourth-order valence-corrected chi connectivity index (χ4v) is 0.964. The first kappa shape index (κ1) is 15.5. The molecule has 0 heterocycles. The minimum Gasteiger partial charge on any atom is -0.340 e. The predicted octanol–water partition coefficient (Wildman–Crippen LogP) is 2.15. The summed E-state index contributed by atoms with van der Waals surface area (Å²) in [6, 6.07) is -0.00615. The Balaban J connectivity index is 4.99. The zero-order chi connectivity index (χ0) is 13.9. The molecule has 0 saturated heterocycles. The van der Waals surface area contributed by atoms with E-state index in [9.17, 15) is 31.1 Å². The normalized spacial score (nSPS) is 14.3. The maximum Gasteiger partial charge on any atom is 0.409 e. The first-order valence-electron chi connectivity index (χ1n) is 4.37. The fourth-order valence-electron chi connectivity index (χ4n) is 0.964. The second-order valence-corrected chi connectivity index (χ2v) is 3.11. The molecule has 0 spiro atoms. The highest BCUT2D eigenvalue weighted by molar-refractivity contribution is 5.80. The number of hydrogen-bond acceptors (Lipinski definition) is 2. The molecule has 0 bridgehead atoms. The molecule has 0 saturated carbocycles. The molecule has 0 rings (SSSR count). The van der Waals surface area contributed by atoms with Gasteiger partial charge in [-0.25, -0.2) is 0 Å². The largest absolute Gasteiger partial charge is 0.409 e. The van der Waals surface area contributed by atoms with Crippen LogP contribution in [-0.2, 0) is 4.79 Å². The molecule has 0 fully saturated rings. The third kappa shape index (κ3) is 4.50. The molecule has 17 heavy (non-hydrogen) atoms. The van der Waals surface area contributed by atoms with Crippen LogP contribution < -0.4 is 5.32 Å². The Morgan fingerprint density at radius 2 is 1.65 bits per heavy atom. The lowest BCUT2D eigenvalue weighted by molar-refractivity contribution is -0.274. The van der Waals surface area contributed by atoms with Crippen molar-refractivity contribution in [1.29, 1.82) is 5.26 Å². The summed E-state index contributed by atoms with van der Waals surface area (Å²) in [5.41, 5.74) is 0. The van der Waals surface area contributed by atoms with E-state index in [0.29, 0.717) is 0 Å². The summed E-state index contributed by atoms with van der Waals surface area (Å²) in [7, 11) is 0. The van der Waals surface area contributed by atoms with E-state index in [4.69, 9.17) is 5.26 Å². The van der Waals surface area contributed by atoms with Crippen molar-refractivity contribution in [1.82, 2.24) is 5.32 Å². The highest BCUT2D eigenvalue weighted by Gasteiger charge is 2.61. The Kier molecular flexibility index (Phi) is 4.80. The van der Waals surface area contributed by atoms with Gasteiger partial charge in [-0.3, -0.25) is 4.79 Å². The third-order valence-electron chi connectivity index (χ3n) is 1.80. The monoisotopic (exact) mass is 262 g/mol. The molecule has 1 N–H and O–H groups in total. The van der Waals surface area contributed by atoms with E-state index < -0.39 is 30.2 Å². The second kappa shape index (κ2) is 5.25. The highest BCUT2D eigenvalue weighted by atomic mass is 19.4. The van der Waals surface area contributed by atoms with Crippen LogP contribution in [-0.4, -0.2) is 24.3 Å². The molecule has 0 aliphatic heterocycles. The average molecular weight is 262 g/mol. The van der Waals surface area contributed by atoms with Crippen molar-refractivity contribution in [3.8, 4) is 6.07 Å². The molecule has 0 radical (unpaired) electrons. The van der Waals surface area contributed by atoms with Crippen LogP contribution in [0.3, 0.4) is 0 Å². The standard InChI is InChI=1S/C8H8F6N2O/c1-2-4(3-15)16-6(17)5(7(9,10)11)8(12,13)14/h4-5H,2H2,1H3,(H,16,17). The second-order valence-electron chi connectivity index (χ2n) is 3.11. The molecular weight excluding hydrogens is 254 g/mol. The SMILES string of the molecule is CCC(C#N)NC(=O)C(C(F)(F)F)C(F)(F)F. The minimum absolute atomic E-state index is 0.0926. The summed E-state index contributed by atoms with van der Waals surface area (Å²) in [5, 5.41) is 9.72.